The summed E-state index contributed by atoms with van der Waals surface area (Å²) in [6, 6.07) is 16.8. The molecular weight excluding hydrogens is 308 g/mol. The SMILES string of the molecule is CCCCC(c1ccccc1)n1c(C)cc2c1ccc(=N)n2C(C)=N. The Morgan fingerprint density at radius 3 is 2.44 bits per heavy atom. The maximum Gasteiger partial charge on any atom is 0.130 e. The van der Waals surface area contributed by atoms with Crippen molar-refractivity contribution in [2.45, 2.75) is 46.1 Å². The fourth-order valence-corrected chi connectivity index (χ4v) is 3.65. The van der Waals surface area contributed by atoms with Gasteiger partial charge in [0.2, 0.25) is 0 Å². The molecule has 0 amide bonds. The third-order valence-electron chi connectivity index (χ3n) is 4.79. The van der Waals surface area contributed by atoms with Crippen LogP contribution in [0.2, 0.25) is 0 Å². The number of nitrogens with zero attached hydrogens (tertiary/aromatic N) is 2. The van der Waals surface area contributed by atoms with Crippen molar-refractivity contribution < 1.29 is 0 Å². The number of aromatic nitrogens is 2. The Labute approximate surface area is 148 Å². The van der Waals surface area contributed by atoms with E-state index in [9.17, 15) is 0 Å². The summed E-state index contributed by atoms with van der Waals surface area (Å²) in [6.07, 6.45) is 3.41. The molecule has 1 aromatic carbocycles. The Bertz CT molecular complexity index is 947. The zero-order chi connectivity index (χ0) is 18.0. The number of rotatable bonds is 5. The van der Waals surface area contributed by atoms with Gasteiger partial charge in [0, 0.05) is 5.69 Å². The first-order valence-corrected chi connectivity index (χ1v) is 8.93. The van der Waals surface area contributed by atoms with Gasteiger partial charge in [-0.15, -0.1) is 0 Å². The zero-order valence-electron chi connectivity index (χ0n) is 15.2. The molecule has 4 nitrogen and oxygen atoms in total. The van der Waals surface area contributed by atoms with Crippen LogP contribution in [0.5, 0.6) is 0 Å². The van der Waals surface area contributed by atoms with Crippen LogP contribution in [-0.2, 0) is 0 Å². The largest absolute Gasteiger partial charge is 0.336 e. The van der Waals surface area contributed by atoms with Gasteiger partial charge in [-0.2, -0.15) is 0 Å². The lowest BCUT2D eigenvalue weighted by atomic mass is 10.0. The summed E-state index contributed by atoms with van der Waals surface area (Å²) in [5.41, 5.74) is 4.85. The van der Waals surface area contributed by atoms with Crippen molar-refractivity contribution in [1.29, 1.82) is 10.8 Å². The van der Waals surface area contributed by atoms with Crippen LogP contribution in [0, 0.1) is 17.7 Å². The van der Waals surface area contributed by atoms with Crippen molar-refractivity contribution in [3.63, 3.8) is 0 Å². The molecule has 1 atom stereocenters. The van der Waals surface area contributed by atoms with Gasteiger partial charge in [-0.3, -0.25) is 15.4 Å². The van der Waals surface area contributed by atoms with Crippen LogP contribution in [0.1, 0.15) is 50.4 Å². The van der Waals surface area contributed by atoms with Crippen molar-refractivity contribution >= 4 is 16.9 Å². The second-order valence-electron chi connectivity index (χ2n) is 6.63. The van der Waals surface area contributed by atoms with Crippen LogP contribution in [-0.4, -0.2) is 15.0 Å². The van der Waals surface area contributed by atoms with Crippen LogP contribution in [0.25, 0.3) is 11.0 Å². The molecule has 0 aliphatic carbocycles. The fourth-order valence-electron chi connectivity index (χ4n) is 3.65. The molecule has 4 heteroatoms. The van der Waals surface area contributed by atoms with Gasteiger partial charge in [0.15, 0.2) is 0 Å². The van der Waals surface area contributed by atoms with Crippen LogP contribution in [0.3, 0.4) is 0 Å². The van der Waals surface area contributed by atoms with Gasteiger partial charge >= 0.3 is 0 Å². The highest BCUT2D eigenvalue weighted by Gasteiger charge is 2.19. The Hall–Kier alpha value is -2.62. The molecule has 0 bridgehead atoms. The molecule has 0 aliphatic heterocycles. The fraction of sp³-hybridized carbons (Fsp3) is 0.333. The third-order valence-corrected chi connectivity index (χ3v) is 4.79. The van der Waals surface area contributed by atoms with Crippen LogP contribution >= 0.6 is 0 Å². The first kappa shape index (κ1) is 17.2. The summed E-state index contributed by atoms with van der Waals surface area (Å²) in [7, 11) is 0. The molecule has 2 heterocycles. The number of pyridine rings is 1. The summed E-state index contributed by atoms with van der Waals surface area (Å²) in [4.78, 5) is 0. The van der Waals surface area contributed by atoms with Gasteiger partial charge < -0.3 is 4.57 Å². The predicted molar refractivity (Wildman–Crippen MR) is 103 cm³/mol. The maximum absolute atomic E-state index is 8.16. The van der Waals surface area contributed by atoms with Crippen molar-refractivity contribution in [3.05, 3.63) is 65.3 Å². The van der Waals surface area contributed by atoms with Crippen molar-refractivity contribution in [2.75, 3.05) is 0 Å². The van der Waals surface area contributed by atoms with E-state index in [1.54, 1.807) is 17.6 Å². The van der Waals surface area contributed by atoms with E-state index in [4.69, 9.17) is 10.8 Å². The van der Waals surface area contributed by atoms with Gasteiger partial charge in [0.1, 0.15) is 11.3 Å². The van der Waals surface area contributed by atoms with Crippen LogP contribution < -0.4 is 5.49 Å². The van der Waals surface area contributed by atoms with Gasteiger partial charge in [-0.05, 0) is 44.0 Å². The minimum absolute atomic E-state index is 0.273. The molecule has 2 N–H and O–H groups in total. The molecular formula is C21H26N4. The number of hydrogen-bond donors (Lipinski definition) is 2. The van der Waals surface area contributed by atoms with Gasteiger partial charge in [0.25, 0.3) is 0 Å². The molecule has 1 unspecified atom stereocenters. The van der Waals surface area contributed by atoms with E-state index in [0.717, 1.165) is 23.9 Å². The minimum Gasteiger partial charge on any atom is -0.336 e. The molecule has 25 heavy (non-hydrogen) atoms. The molecule has 3 rings (SSSR count). The summed E-state index contributed by atoms with van der Waals surface area (Å²) < 4.78 is 4.08. The third kappa shape index (κ3) is 3.16. The first-order valence-electron chi connectivity index (χ1n) is 8.93. The Kier molecular flexibility index (Phi) is 4.88. The smallest absolute Gasteiger partial charge is 0.130 e. The number of hydrogen-bond acceptors (Lipinski definition) is 2. The zero-order valence-corrected chi connectivity index (χ0v) is 15.2. The van der Waals surface area contributed by atoms with Crippen molar-refractivity contribution in [3.8, 4) is 0 Å². The Morgan fingerprint density at radius 1 is 1.08 bits per heavy atom. The van der Waals surface area contributed by atoms with E-state index in [-0.39, 0.29) is 6.04 Å². The number of unbranched alkanes of at least 4 members (excludes halogenated alkanes) is 1. The monoisotopic (exact) mass is 334 g/mol. The topological polar surface area (TPSA) is 57.6 Å². The standard InChI is InChI=1S/C21H26N4/c1-4-5-11-18(17-9-7-6-8-10-17)24-15(2)14-20-19(24)12-13-21(23)25(20)16(3)22/h6-10,12-14,18,22-23H,4-5,11H2,1-3H3. The number of nitrogens with one attached hydrogen (secondary N) is 2. The minimum atomic E-state index is 0.273. The lowest BCUT2D eigenvalue weighted by Gasteiger charge is -2.23. The molecule has 0 aliphatic rings. The first-order chi connectivity index (χ1) is 12.0. The van der Waals surface area contributed by atoms with E-state index in [1.807, 2.05) is 6.07 Å². The molecule has 130 valence electrons. The highest BCUT2D eigenvalue weighted by molar-refractivity contribution is 5.90. The van der Waals surface area contributed by atoms with E-state index < -0.39 is 0 Å². The highest BCUT2D eigenvalue weighted by atomic mass is 15.1. The van der Waals surface area contributed by atoms with Crippen molar-refractivity contribution in [1.82, 2.24) is 9.13 Å². The van der Waals surface area contributed by atoms with Crippen LogP contribution in [0.4, 0.5) is 0 Å². The van der Waals surface area contributed by atoms with Crippen LogP contribution in [0.15, 0.2) is 48.5 Å². The molecule has 0 saturated heterocycles. The summed E-state index contributed by atoms with van der Waals surface area (Å²) in [5, 5.41) is 16.2. The van der Waals surface area contributed by atoms with Gasteiger partial charge in [-0.25, -0.2) is 0 Å². The molecule has 2 aromatic heterocycles. The molecule has 0 fully saturated rings. The van der Waals surface area contributed by atoms with Gasteiger partial charge in [0.05, 0.1) is 17.1 Å². The molecule has 3 aromatic rings. The second kappa shape index (κ2) is 7.09. The second-order valence-corrected chi connectivity index (χ2v) is 6.63. The number of benzene rings is 1. The van der Waals surface area contributed by atoms with E-state index in [2.05, 4.69) is 54.8 Å². The summed E-state index contributed by atoms with van der Waals surface area (Å²) >= 11 is 0. The number of fused-ring (bicyclic) bond motifs is 1. The molecule has 0 spiro atoms. The quantitative estimate of drug-likeness (QED) is 0.495. The summed E-state index contributed by atoms with van der Waals surface area (Å²) in [6.45, 7) is 6.08. The number of aryl methyl sites for hydroxylation is 1. The average molecular weight is 334 g/mol. The van der Waals surface area contributed by atoms with E-state index >= 15 is 0 Å². The normalized spacial score (nSPS) is 12.4. The lowest BCUT2D eigenvalue weighted by Crippen LogP contribution is -2.24. The highest BCUT2D eigenvalue weighted by Crippen LogP contribution is 2.31. The van der Waals surface area contributed by atoms with Crippen molar-refractivity contribution in [2.24, 2.45) is 0 Å². The maximum atomic E-state index is 8.16. The summed E-state index contributed by atoms with van der Waals surface area (Å²) in [5.74, 6) is 0.373. The predicted octanol–water partition coefficient (Wildman–Crippen LogP) is 4.86. The molecule has 0 radical (unpaired) electrons. The van der Waals surface area contributed by atoms with E-state index in [0.29, 0.717) is 11.3 Å². The Morgan fingerprint density at radius 2 is 1.80 bits per heavy atom. The Balaban J connectivity index is 2.25. The average Bonchev–Trinajstić information content (AvgIpc) is 2.92. The lowest BCUT2D eigenvalue weighted by molar-refractivity contribution is 0.520. The van der Waals surface area contributed by atoms with E-state index in [1.165, 1.54) is 17.7 Å². The molecule has 0 saturated carbocycles. The van der Waals surface area contributed by atoms with Gasteiger partial charge in [-0.1, -0.05) is 50.1 Å².